The number of ketones is 1. The quantitative estimate of drug-likeness (QED) is 0.778. The van der Waals surface area contributed by atoms with Crippen LogP contribution in [-0.2, 0) is 4.79 Å². The minimum atomic E-state index is 0.226. The molecule has 0 bridgehead atoms. The van der Waals surface area contributed by atoms with Crippen LogP contribution in [0.25, 0.3) is 6.08 Å². The number of rotatable bonds is 3. The molecule has 1 aromatic carbocycles. The monoisotopic (exact) mass is 297 g/mol. The molecule has 1 heterocycles. The summed E-state index contributed by atoms with van der Waals surface area (Å²) in [6.45, 7) is 5.43. The van der Waals surface area contributed by atoms with Crippen molar-refractivity contribution in [2.75, 3.05) is 19.6 Å². The molecule has 1 aliphatic heterocycles. The molecule has 1 saturated carbocycles. The average molecular weight is 297 g/mol. The van der Waals surface area contributed by atoms with Crippen molar-refractivity contribution in [2.45, 2.75) is 45.4 Å². The molecule has 0 aromatic heterocycles. The predicted molar refractivity (Wildman–Crippen MR) is 91.8 cm³/mol. The van der Waals surface area contributed by atoms with Gasteiger partial charge in [-0.1, -0.05) is 36.2 Å². The average Bonchev–Trinajstić information content (AvgIpc) is 2.54. The van der Waals surface area contributed by atoms with E-state index in [4.69, 9.17) is 0 Å². The van der Waals surface area contributed by atoms with Crippen LogP contribution in [0.2, 0.25) is 0 Å². The van der Waals surface area contributed by atoms with Crippen LogP contribution < -0.4 is 0 Å². The molecular weight excluding hydrogens is 270 g/mol. The van der Waals surface area contributed by atoms with E-state index < -0.39 is 0 Å². The van der Waals surface area contributed by atoms with Crippen molar-refractivity contribution in [2.24, 2.45) is 5.92 Å². The number of nitrogens with zero attached hydrogens (tertiary/aromatic N) is 1. The normalized spacial score (nSPS) is 25.6. The second-order valence-electron chi connectivity index (χ2n) is 6.89. The van der Waals surface area contributed by atoms with E-state index in [9.17, 15) is 4.79 Å². The molecule has 2 aliphatic rings. The number of hydrogen-bond donors (Lipinski definition) is 0. The Balaban J connectivity index is 1.67. The van der Waals surface area contributed by atoms with E-state index in [0.29, 0.717) is 5.78 Å². The summed E-state index contributed by atoms with van der Waals surface area (Å²) in [5.41, 5.74) is 3.46. The number of likely N-dealkylation sites (tertiary alicyclic amines) is 1. The molecule has 0 radical (unpaired) electrons. The van der Waals surface area contributed by atoms with Gasteiger partial charge in [0.2, 0.25) is 0 Å². The van der Waals surface area contributed by atoms with E-state index in [0.717, 1.165) is 36.9 Å². The fourth-order valence-corrected chi connectivity index (χ4v) is 3.69. The number of piperidine rings is 1. The lowest BCUT2D eigenvalue weighted by Gasteiger charge is -2.32. The lowest BCUT2D eigenvalue weighted by Crippen LogP contribution is -2.38. The van der Waals surface area contributed by atoms with Crippen molar-refractivity contribution in [3.05, 3.63) is 41.0 Å². The van der Waals surface area contributed by atoms with Gasteiger partial charge in [-0.3, -0.25) is 4.79 Å². The molecule has 0 unspecified atom stereocenters. The van der Waals surface area contributed by atoms with Crippen molar-refractivity contribution >= 4 is 11.9 Å². The molecule has 3 rings (SSSR count). The number of benzene rings is 1. The van der Waals surface area contributed by atoms with Gasteiger partial charge in [0.1, 0.15) is 0 Å². The molecule has 1 saturated heterocycles. The van der Waals surface area contributed by atoms with Gasteiger partial charge in [-0.05, 0) is 69.3 Å². The smallest absolute Gasteiger partial charge is 0.163 e. The Labute approximate surface area is 134 Å². The van der Waals surface area contributed by atoms with Crippen molar-refractivity contribution in [1.29, 1.82) is 0 Å². The summed E-state index contributed by atoms with van der Waals surface area (Å²) in [7, 11) is 0. The van der Waals surface area contributed by atoms with Gasteiger partial charge in [-0.2, -0.15) is 0 Å². The van der Waals surface area contributed by atoms with Gasteiger partial charge in [0.15, 0.2) is 5.78 Å². The first kappa shape index (κ1) is 15.5. The van der Waals surface area contributed by atoms with Crippen LogP contribution in [-0.4, -0.2) is 30.3 Å². The van der Waals surface area contributed by atoms with Crippen LogP contribution in [0, 0.1) is 12.8 Å². The van der Waals surface area contributed by atoms with Crippen LogP contribution in [0.15, 0.2) is 29.8 Å². The van der Waals surface area contributed by atoms with Gasteiger partial charge in [0.05, 0.1) is 0 Å². The highest BCUT2D eigenvalue weighted by molar-refractivity contribution is 6.01. The number of Topliss-reactive ketones (excluding diaryl/α,β-unsaturated/α-hetero) is 1. The maximum atomic E-state index is 12.8. The number of hydrogen-bond acceptors (Lipinski definition) is 2. The van der Waals surface area contributed by atoms with Crippen LogP contribution in [0.3, 0.4) is 0 Å². The Hall–Kier alpha value is -1.41. The van der Waals surface area contributed by atoms with E-state index in [2.05, 4.69) is 42.2 Å². The highest BCUT2D eigenvalue weighted by Gasteiger charge is 2.28. The maximum Gasteiger partial charge on any atom is 0.163 e. The largest absolute Gasteiger partial charge is 0.303 e. The third kappa shape index (κ3) is 3.86. The Morgan fingerprint density at radius 2 is 1.82 bits per heavy atom. The van der Waals surface area contributed by atoms with Crippen molar-refractivity contribution in [3.8, 4) is 0 Å². The summed E-state index contributed by atoms with van der Waals surface area (Å²) in [5, 5.41) is 0. The van der Waals surface area contributed by atoms with Crippen molar-refractivity contribution in [1.82, 2.24) is 4.90 Å². The summed E-state index contributed by atoms with van der Waals surface area (Å²) in [6.07, 6.45) is 9.24. The highest BCUT2D eigenvalue weighted by atomic mass is 16.1. The lowest BCUT2D eigenvalue weighted by atomic mass is 9.83. The minimum absolute atomic E-state index is 0.226. The zero-order chi connectivity index (χ0) is 15.4. The standard InChI is InChI=1S/C20H27NO/c1-16-8-10-17(11-9-16)14-18-6-5-7-19(20(18)22)15-21-12-3-2-4-13-21/h8-11,14,19H,2-7,12-13,15H2,1H3/b18-14+/t19-/m0/s1. The van der Waals surface area contributed by atoms with Gasteiger partial charge in [0.25, 0.3) is 0 Å². The van der Waals surface area contributed by atoms with Gasteiger partial charge < -0.3 is 4.90 Å². The molecule has 2 nitrogen and oxygen atoms in total. The van der Waals surface area contributed by atoms with E-state index in [1.165, 1.54) is 37.9 Å². The first-order valence-electron chi connectivity index (χ1n) is 8.76. The van der Waals surface area contributed by atoms with E-state index in [1.54, 1.807) is 0 Å². The highest BCUT2D eigenvalue weighted by Crippen LogP contribution is 2.28. The first-order valence-corrected chi connectivity index (χ1v) is 8.76. The fraction of sp³-hybridized carbons (Fsp3) is 0.550. The predicted octanol–water partition coefficient (Wildman–Crippen LogP) is 4.23. The summed E-state index contributed by atoms with van der Waals surface area (Å²) >= 11 is 0. The maximum absolute atomic E-state index is 12.8. The van der Waals surface area contributed by atoms with E-state index >= 15 is 0 Å². The SMILES string of the molecule is Cc1ccc(/C=C2\CCC[C@@H](CN3CCCCC3)C2=O)cc1. The van der Waals surface area contributed by atoms with Gasteiger partial charge >= 0.3 is 0 Å². The van der Waals surface area contributed by atoms with E-state index in [-0.39, 0.29) is 5.92 Å². The molecule has 0 N–H and O–H groups in total. The van der Waals surface area contributed by atoms with Crippen LogP contribution >= 0.6 is 0 Å². The molecule has 0 amide bonds. The Morgan fingerprint density at radius 1 is 1.09 bits per heavy atom. The number of aryl methyl sites for hydroxylation is 1. The molecule has 118 valence electrons. The van der Waals surface area contributed by atoms with Gasteiger partial charge in [-0.15, -0.1) is 0 Å². The summed E-state index contributed by atoms with van der Waals surface area (Å²) < 4.78 is 0. The number of carbonyl (C=O) groups is 1. The Kier molecular flexibility index (Phi) is 5.09. The van der Waals surface area contributed by atoms with Crippen molar-refractivity contribution in [3.63, 3.8) is 0 Å². The van der Waals surface area contributed by atoms with E-state index in [1.807, 2.05) is 0 Å². The van der Waals surface area contributed by atoms with Crippen LogP contribution in [0.1, 0.15) is 49.7 Å². The molecule has 0 spiro atoms. The second-order valence-corrected chi connectivity index (χ2v) is 6.89. The van der Waals surface area contributed by atoms with Gasteiger partial charge in [-0.25, -0.2) is 0 Å². The first-order chi connectivity index (χ1) is 10.7. The molecule has 1 aliphatic carbocycles. The molecular formula is C20H27NO. The fourth-order valence-electron chi connectivity index (χ4n) is 3.69. The number of allylic oxidation sites excluding steroid dienone is 1. The zero-order valence-corrected chi connectivity index (χ0v) is 13.7. The van der Waals surface area contributed by atoms with Crippen LogP contribution in [0.5, 0.6) is 0 Å². The Morgan fingerprint density at radius 3 is 2.55 bits per heavy atom. The molecule has 22 heavy (non-hydrogen) atoms. The molecule has 1 aromatic rings. The summed E-state index contributed by atoms with van der Waals surface area (Å²) in [6, 6.07) is 8.46. The second kappa shape index (κ2) is 7.23. The Bertz CT molecular complexity index is 537. The van der Waals surface area contributed by atoms with Gasteiger partial charge in [0, 0.05) is 12.5 Å². The van der Waals surface area contributed by atoms with Crippen molar-refractivity contribution < 1.29 is 4.79 Å². The lowest BCUT2D eigenvalue weighted by molar-refractivity contribution is -0.121. The minimum Gasteiger partial charge on any atom is -0.303 e. The summed E-state index contributed by atoms with van der Waals surface area (Å²) in [5.74, 6) is 0.626. The topological polar surface area (TPSA) is 20.3 Å². The van der Waals surface area contributed by atoms with Crippen LogP contribution in [0.4, 0.5) is 0 Å². The third-order valence-corrected chi connectivity index (χ3v) is 5.03. The molecule has 1 atom stereocenters. The molecule has 2 heteroatoms. The third-order valence-electron chi connectivity index (χ3n) is 5.03. The number of carbonyl (C=O) groups excluding carboxylic acids is 1. The summed E-state index contributed by atoms with van der Waals surface area (Å²) in [4.78, 5) is 15.3. The molecule has 2 fully saturated rings. The zero-order valence-electron chi connectivity index (χ0n) is 13.7.